The summed E-state index contributed by atoms with van der Waals surface area (Å²) in [5.74, 6) is 0.0952. The molecule has 2 N–H and O–H groups in total. The van der Waals surface area contributed by atoms with Gasteiger partial charge in [0.25, 0.3) is 5.01 Å². The van der Waals surface area contributed by atoms with Gasteiger partial charge in [-0.2, -0.15) is 0 Å². The SMILES string of the molecule is C=CC[n+]1nc(C)sc1/C=C/c1ccc(O)cc1O.[Br-]. The Morgan fingerprint density at radius 1 is 1.35 bits per heavy atom. The molecule has 0 fully saturated rings. The monoisotopic (exact) mass is 354 g/mol. The van der Waals surface area contributed by atoms with Crippen LogP contribution in [-0.2, 0) is 6.54 Å². The van der Waals surface area contributed by atoms with E-state index in [0.717, 1.165) is 10.0 Å². The zero-order chi connectivity index (χ0) is 13.8. The Balaban J connectivity index is 0.00000200. The lowest BCUT2D eigenvalue weighted by Crippen LogP contribution is -3.00. The van der Waals surface area contributed by atoms with Crippen LogP contribution in [0.5, 0.6) is 11.5 Å². The smallest absolute Gasteiger partial charge is 0.289 e. The molecule has 0 aliphatic rings. The molecule has 0 radical (unpaired) electrons. The third-order valence-electron chi connectivity index (χ3n) is 2.49. The second-order valence-electron chi connectivity index (χ2n) is 4.01. The van der Waals surface area contributed by atoms with E-state index in [1.165, 1.54) is 12.1 Å². The fourth-order valence-corrected chi connectivity index (χ4v) is 2.45. The van der Waals surface area contributed by atoms with Gasteiger partial charge in [-0.05, 0) is 42.5 Å². The number of benzene rings is 1. The molecule has 6 heteroatoms. The molecule has 4 nitrogen and oxygen atoms in total. The number of phenolic OH excluding ortho intramolecular Hbond substituents is 2. The number of allylic oxidation sites excluding steroid dienone is 1. The number of aryl methyl sites for hydroxylation is 1. The van der Waals surface area contributed by atoms with Gasteiger partial charge in [0.05, 0.1) is 0 Å². The molecule has 0 spiro atoms. The van der Waals surface area contributed by atoms with E-state index >= 15 is 0 Å². The molecule has 0 saturated heterocycles. The van der Waals surface area contributed by atoms with Crippen LogP contribution in [-0.4, -0.2) is 15.3 Å². The number of hydrogen-bond acceptors (Lipinski definition) is 4. The number of hydrogen-bond donors (Lipinski definition) is 2. The van der Waals surface area contributed by atoms with Crippen molar-refractivity contribution in [3.63, 3.8) is 0 Å². The van der Waals surface area contributed by atoms with Crippen LogP contribution in [0, 0.1) is 6.92 Å². The minimum absolute atomic E-state index is 0. The maximum absolute atomic E-state index is 9.70. The number of phenols is 2. The second-order valence-corrected chi connectivity index (χ2v) is 5.22. The highest BCUT2D eigenvalue weighted by Crippen LogP contribution is 2.24. The molecule has 1 aromatic carbocycles. The van der Waals surface area contributed by atoms with Crippen LogP contribution in [0.25, 0.3) is 12.2 Å². The summed E-state index contributed by atoms with van der Waals surface area (Å²) in [6.07, 6.45) is 5.47. The molecular weight excluding hydrogens is 340 g/mol. The van der Waals surface area contributed by atoms with Crippen molar-refractivity contribution in [2.24, 2.45) is 0 Å². The average molecular weight is 355 g/mol. The van der Waals surface area contributed by atoms with Gasteiger partial charge in [-0.25, -0.2) is 0 Å². The first kappa shape index (κ1) is 16.4. The highest BCUT2D eigenvalue weighted by Gasteiger charge is 2.13. The Morgan fingerprint density at radius 2 is 2.10 bits per heavy atom. The minimum Gasteiger partial charge on any atom is -1.00 e. The molecule has 0 aliphatic carbocycles. The molecule has 2 rings (SSSR count). The van der Waals surface area contributed by atoms with Crippen molar-refractivity contribution in [2.45, 2.75) is 13.5 Å². The minimum atomic E-state index is 0. The molecule has 106 valence electrons. The summed E-state index contributed by atoms with van der Waals surface area (Å²) in [5, 5.41) is 25.2. The van der Waals surface area contributed by atoms with Crippen LogP contribution in [0.3, 0.4) is 0 Å². The molecule has 0 saturated carbocycles. The first-order chi connectivity index (χ1) is 9.10. The summed E-state index contributed by atoms with van der Waals surface area (Å²) >= 11 is 1.57. The standard InChI is InChI=1S/C14H14N2O2S.BrH/c1-3-8-16-14(19-10(2)15-16)7-5-11-4-6-12(17)9-13(11)18;/h3-7,9H,1,8H2,2H3,(H,17,18);1H. The van der Waals surface area contributed by atoms with E-state index in [0.29, 0.717) is 12.1 Å². The summed E-state index contributed by atoms with van der Waals surface area (Å²) in [7, 11) is 0. The normalized spacial score (nSPS) is 10.4. The van der Waals surface area contributed by atoms with Crippen LogP contribution in [0.2, 0.25) is 0 Å². The van der Waals surface area contributed by atoms with Crippen molar-refractivity contribution in [3.05, 3.63) is 46.4 Å². The summed E-state index contributed by atoms with van der Waals surface area (Å²) in [4.78, 5) is 0. The Morgan fingerprint density at radius 3 is 2.75 bits per heavy atom. The molecule has 0 aliphatic heterocycles. The van der Waals surface area contributed by atoms with Crippen molar-refractivity contribution < 1.29 is 31.9 Å². The summed E-state index contributed by atoms with van der Waals surface area (Å²) in [5.41, 5.74) is 0.647. The Labute approximate surface area is 132 Å². The summed E-state index contributed by atoms with van der Waals surface area (Å²) < 4.78 is 1.85. The molecule has 0 amide bonds. The van der Waals surface area contributed by atoms with Gasteiger partial charge < -0.3 is 27.2 Å². The van der Waals surface area contributed by atoms with Crippen molar-refractivity contribution in [3.8, 4) is 11.5 Å². The van der Waals surface area contributed by atoms with Gasteiger partial charge in [-0.3, -0.25) is 0 Å². The third-order valence-corrected chi connectivity index (χ3v) is 3.42. The van der Waals surface area contributed by atoms with Gasteiger partial charge in [-0.1, -0.05) is 11.3 Å². The lowest BCUT2D eigenvalue weighted by molar-refractivity contribution is -0.741. The van der Waals surface area contributed by atoms with E-state index in [4.69, 9.17) is 0 Å². The summed E-state index contributed by atoms with van der Waals surface area (Å²) in [6, 6.07) is 4.51. The van der Waals surface area contributed by atoms with Crippen LogP contribution in [0.15, 0.2) is 30.9 Å². The van der Waals surface area contributed by atoms with E-state index in [-0.39, 0.29) is 28.5 Å². The van der Waals surface area contributed by atoms with E-state index in [1.807, 2.05) is 17.7 Å². The molecule has 0 bridgehead atoms. The number of nitrogens with zero attached hydrogens (tertiary/aromatic N) is 2. The summed E-state index contributed by atoms with van der Waals surface area (Å²) in [6.45, 7) is 6.29. The highest BCUT2D eigenvalue weighted by atomic mass is 79.9. The van der Waals surface area contributed by atoms with Gasteiger partial charge >= 0.3 is 0 Å². The van der Waals surface area contributed by atoms with Crippen LogP contribution in [0.1, 0.15) is 15.6 Å². The number of aromatic nitrogens is 2. The van der Waals surface area contributed by atoms with E-state index in [1.54, 1.807) is 29.6 Å². The first-order valence-corrected chi connectivity index (χ1v) is 6.60. The maximum atomic E-state index is 9.70. The molecule has 0 unspecified atom stereocenters. The third kappa shape index (κ3) is 3.91. The fourth-order valence-electron chi connectivity index (χ4n) is 1.65. The lowest BCUT2D eigenvalue weighted by atomic mass is 10.2. The zero-order valence-corrected chi connectivity index (χ0v) is 13.4. The predicted molar refractivity (Wildman–Crippen MR) is 75.9 cm³/mol. The van der Waals surface area contributed by atoms with Crippen LogP contribution >= 0.6 is 11.3 Å². The number of halogens is 1. The van der Waals surface area contributed by atoms with Crippen LogP contribution < -0.4 is 21.7 Å². The van der Waals surface area contributed by atoms with Gasteiger partial charge in [0, 0.05) is 22.8 Å². The predicted octanol–water partition coefficient (Wildman–Crippen LogP) is -0.489. The molecule has 0 atom stereocenters. The number of aromatic hydroxyl groups is 2. The highest BCUT2D eigenvalue weighted by molar-refractivity contribution is 7.11. The van der Waals surface area contributed by atoms with Gasteiger partial charge in [0.15, 0.2) is 11.6 Å². The average Bonchev–Trinajstić information content (AvgIpc) is 2.69. The molecular formula is C14H15BrN2O2S. The van der Waals surface area contributed by atoms with Gasteiger partial charge in [0.1, 0.15) is 11.5 Å². The molecule has 1 heterocycles. The van der Waals surface area contributed by atoms with Crippen molar-refractivity contribution in [2.75, 3.05) is 0 Å². The van der Waals surface area contributed by atoms with E-state index < -0.39 is 0 Å². The van der Waals surface area contributed by atoms with E-state index in [9.17, 15) is 10.2 Å². The largest absolute Gasteiger partial charge is 1.00 e. The first-order valence-electron chi connectivity index (χ1n) is 5.78. The number of rotatable bonds is 4. The topological polar surface area (TPSA) is 57.2 Å². The molecule has 2 aromatic rings. The Kier molecular flexibility index (Phi) is 5.91. The quantitative estimate of drug-likeness (QED) is 0.575. The zero-order valence-electron chi connectivity index (χ0n) is 11.0. The lowest BCUT2D eigenvalue weighted by Gasteiger charge is -1.98. The maximum Gasteiger partial charge on any atom is 0.289 e. The molecule has 20 heavy (non-hydrogen) atoms. The Bertz CT molecular complexity index is 638. The fraction of sp³-hybridized carbons (Fsp3) is 0.143. The van der Waals surface area contributed by atoms with E-state index in [2.05, 4.69) is 11.7 Å². The second kappa shape index (κ2) is 7.21. The van der Waals surface area contributed by atoms with Crippen molar-refractivity contribution in [1.29, 1.82) is 0 Å². The molecule has 1 aromatic heterocycles. The van der Waals surface area contributed by atoms with Crippen molar-refractivity contribution >= 4 is 23.5 Å². The van der Waals surface area contributed by atoms with Crippen molar-refractivity contribution in [1.82, 2.24) is 5.10 Å². The van der Waals surface area contributed by atoms with Crippen LogP contribution in [0.4, 0.5) is 0 Å². The Hall–Kier alpha value is -1.66. The van der Waals surface area contributed by atoms with Gasteiger partial charge in [0.2, 0.25) is 0 Å². The van der Waals surface area contributed by atoms with Gasteiger partial charge in [-0.15, -0.1) is 0 Å².